The van der Waals surface area contributed by atoms with E-state index in [2.05, 4.69) is 16.0 Å². The summed E-state index contributed by atoms with van der Waals surface area (Å²) in [5.74, 6) is -0.385. The van der Waals surface area contributed by atoms with Crippen LogP contribution in [0.15, 0.2) is 24.3 Å². The molecule has 0 aliphatic carbocycles. The Kier molecular flexibility index (Phi) is 6.14. The van der Waals surface area contributed by atoms with Crippen molar-refractivity contribution in [2.24, 2.45) is 0 Å². The van der Waals surface area contributed by atoms with Crippen molar-refractivity contribution in [1.82, 2.24) is 15.5 Å². The Morgan fingerprint density at radius 2 is 1.96 bits per heavy atom. The third-order valence-electron chi connectivity index (χ3n) is 4.09. The molecular weight excluding hydrogens is 320 g/mol. The van der Waals surface area contributed by atoms with E-state index in [1.165, 1.54) is 4.90 Å². The molecule has 0 saturated carbocycles. The smallest absolute Gasteiger partial charge is 0.325 e. The van der Waals surface area contributed by atoms with Crippen molar-refractivity contribution in [2.45, 2.75) is 45.7 Å². The maximum Gasteiger partial charge on any atom is 0.325 e. The topological polar surface area (TPSA) is 90.5 Å². The van der Waals surface area contributed by atoms with Crippen molar-refractivity contribution in [3.63, 3.8) is 0 Å². The number of hydrogen-bond acceptors (Lipinski definition) is 4. The number of anilines is 1. The Balaban J connectivity index is 1.84. The quantitative estimate of drug-likeness (QED) is 0.627. The van der Waals surface area contributed by atoms with Gasteiger partial charge in [0, 0.05) is 25.2 Å². The minimum absolute atomic E-state index is 0.129. The van der Waals surface area contributed by atoms with Gasteiger partial charge in [0.1, 0.15) is 5.54 Å². The first-order valence-corrected chi connectivity index (χ1v) is 8.57. The summed E-state index contributed by atoms with van der Waals surface area (Å²) in [4.78, 5) is 37.2. The fourth-order valence-corrected chi connectivity index (χ4v) is 2.69. The van der Waals surface area contributed by atoms with E-state index in [0.717, 1.165) is 17.8 Å². The highest BCUT2D eigenvalue weighted by Crippen LogP contribution is 2.18. The van der Waals surface area contributed by atoms with Crippen LogP contribution in [0.1, 0.15) is 39.2 Å². The molecule has 0 atom stereocenters. The number of nitrogens with zero attached hydrogens (tertiary/aromatic N) is 1. The first-order valence-electron chi connectivity index (χ1n) is 8.57. The van der Waals surface area contributed by atoms with E-state index in [0.29, 0.717) is 13.0 Å². The van der Waals surface area contributed by atoms with Crippen molar-refractivity contribution < 1.29 is 14.4 Å². The van der Waals surface area contributed by atoms with Gasteiger partial charge in [0.05, 0.1) is 0 Å². The number of para-hydroxylation sites is 1. The summed E-state index contributed by atoms with van der Waals surface area (Å²) in [5, 5.41) is 8.76. The summed E-state index contributed by atoms with van der Waals surface area (Å²) >= 11 is 0. The lowest BCUT2D eigenvalue weighted by molar-refractivity contribution is -0.130. The van der Waals surface area contributed by atoms with E-state index in [-0.39, 0.29) is 24.8 Å². The maximum atomic E-state index is 12.2. The average Bonchev–Trinajstić information content (AvgIpc) is 2.75. The summed E-state index contributed by atoms with van der Waals surface area (Å²) in [5.41, 5.74) is 0.933. The Hall–Kier alpha value is -2.41. The van der Waals surface area contributed by atoms with Gasteiger partial charge in [-0.2, -0.15) is 0 Å². The van der Waals surface area contributed by atoms with Crippen LogP contribution in [0.2, 0.25) is 0 Å². The molecule has 4 amide bonds. The SMILES string of the molecule is CCNCc1ccccc1NC(=O)CCCN1C(=O)NC(C)(C)C1=O. The molecule has 0 spiro atoms. The normalized spacial score (nSPS) is 16.0. The van der Waals surface area contributed by atoms with Crippen LogP contribution >= 0.6 is 0 Å². The van der Waals surface area contributed by atoms with E-state index in [1.54, 1.807) is 13.8 Å². The average molecular weight is 346 g/mol. The van der Waals surface area contributed by atoms with Gasteiger partial charge in [0.2, 0.25) is 5.91 Å². The number of amides is 4. The van der Waals surface area contributed by atoms with Gasteiger partial charge in [0.25, 0.3) is 5.91 Å². The number of carbonyl (C=O) groups excluding carboxylic acids is 3. The van der Waals surface area contributed by atoms with E-state index in [1.807, 2.05) is 31.2 Å². The predicted molar refractivity (Wildman–Crippen MR) is 96.0 cm³/mol. The zero-order chi connectivity index (χ0) is 18.4. The van der Waals surface area contributed by atoms with Gasteiger partial charge in [-0.05, 0) is 38.4 Å². The lowest BCUT2D eigenvalue weighted by Gasteiger charge is -2.16. The number of urea groups is 1. The highest BCUT2D eigenvalue weighted by Gasteiger charge is 2.43. The Labute approximate surface area is 148 Å². The van der Waals surface area contributed by atoms with Crippen LogP contribution in [0.3, 0.4) is 0 Å². The molecule has 0 radical (unpaired) electrons. The number of hydrogen-bond donors (Lipinski definition) is 3. The number of rotatable bonds is 8. The zero-order valence-corrected chi connectivity index (χ0v) is 15.0. The van der Waals surface area contributed by atoms with Crippen molar-refractivity contribution in [3.8, 4) is 0 Å². The number of nitrogens with one attached hydrogen (secondary N) is 3. The second-order valence-electron chi connectivity index (χ2n) is 6.60. The van der Waals surface area contributed by atoms with Crippen LogP contribution in [0.4, 0.5) is 10.5 Å². The molecule has 1 aliphatic rings. The fourth-order valence-electron chi connectivity index (χ4n) is 2.69. The lowest BCUT2D eigenvalue weighted by Crippen LogP contribution is -2.40. The molecule has 0 aromatic heterocycles. The summed E-state index contributed by atoms with van der Waals surface area (Å²) < 4.78 is 0. The number of benzene rings is 1. The molecule has 25 heavy (non-hydrogen) atoms. The van der Waals surface area contributed by atoms with Gasteiger partial charge in [-0.15, -0.1) is 0 Å². The van der Waals surface area contributed by atoms with Gasteiger partial charge in [0.15, 0.2) is 0 Å². The van der Waals surface area contributed by atoms with Crippen molar-refractivity contribution >= 4 is 23.5 Å². The van der Waals surface area contributed by atoms with E-state index in [9.17, 15) is 14.4 Å². The van der Waals surface area contributed by atoms with Crippen LogP contribution in [-0.4, -0.2) is 41.4 Å². The Morgan fingerprint density at radius 3 is 2.60 bits per heavy atom. The summed E-state index contributed by atoms with van der Waals surface area (Å²) in [7, 11) is 0. The predicted octanol–water partition coefficient (Wildman–Crippen LogP) is 1.85. The lowest BCUT2D eigenvalue weighted by atomic mass is 10.1. The number of carbonyl (C=O) groups is 3. The molecule has 136 valence electrons. The van der Waals surface area contributed by atoms with E-state index in [4.69, 9.17) is 0 Å². The molecule has 3 N–H and O–H groups in total. The van der Waals surface area contributed by atoms with Crippen molar-refractivity contribution in [1.29, 1.82) is 0 Å². The van der Waals surface area contributed by atoms with Crippen LogP contribution in [0.25, 0.3) is 0 Å². The highest BCUT2D eigenvalue weighted by atomic mass is 16.2. The fraction of sp³-hybridized carbons (Fsp3) is 0.500. The first kappa shape index (κ1) is 18.9. The molecule has 1 aromatic rings. The largest absolute Gasteiger partial charge is 0.326 e. The first-order chi connectivity index (χ1) is 11.8. The summed E-state index contributed by atoms with van der Waals surface area (Å²) in [6.07, 6.45) is 0.670. The minimum Gasteiger partial charge on any atom is -0.326 e. The van der Waals surface area contributed by atoms with Crippen molar-refractivity contribution in [2.75, 3.05) is 18.4 Å². The zero-order valence-electron chi connectivity index (χ0n) is 15.0. The van der Waals surface area contributed by atoms with Crippen LogP contribution in [0, 0.1) is 0 Å². The maximum absolute atomic E-state index is 12.2. The molecule has 2 rings (SSSR count). The van der Waals surface area contributed by atoms with Gasteiger partial charge in [-0.1, -0.05) is 25.1 Å². The molecule has 1 saturated heterocycles. The third kappa shape index (κ3) is 4.79. The molecule has 0 unspecified atom stereocenters. The standard InChI is InChI=1S/C18H26N4O3/c1-4-19-12-13-8-5-6-9-14(13)20-15(23)10-7-11-22-16(24)18(2,3)21-17(22)25/h5-6,8-9,19H,4,7,10-12H2,1-3H3,(H,20,23)(H,21,25). The Bertz CT molecular complexity index is 657. The molecule has 1 heterocycles. The highest BCUT2D eigenvalue weighted by molar-refractivity contribution is 6.06. The second kappa shape index (κ2) is 8.11. The molecule has 1 aromatic carbocycles. The van der Waals surface area contributed by atoms with Crippen LogP contribution < -0.4 is 16.0 Å². The van der Waals surface area contributed by atoms with Gasteiger partial charge in [-0.3, -0.25) is 14.5 Å². The third-order valence-corrected chi connectivity index (χ3v) is 4.09. The second-order valence-corrected chi connectivity index (χ2v) is 6.60. The summed E-state index contributed by atoms with van der Waals surface area (Å²) in [6.45, 7) is 7.14. The monoisotopic (exact) mass is 346 g/mol. The Morgan fingerprint density at radius 1 is 1.24 bits per heavy atom. The summed E-state index contributed by atoms with van der Waals surface area (Å²) in [6, 6.07) is 7.24. The van der Waals surface area contributed by atoms with Gasteiger partial charge >= 0.3 is 6.03 Å². The van der Waals surface area contributed by atoms with Crippen LogP contribution in [0.5, 0.6) is 0 Å². The van der Waals surface area contributed by atoms with Crippen LogP contribution in [-0.2, 0) is 16.1 Å². The van der Waals surface area contributed by atoms with E-state index >= 15 is 0 Å². The molecular formula is C18H26N4O3. The molecule has 1 fully saturated rings. The van der Waals surface area contributed by atoms with Gasteiger partial charge in [-0.25, -0.2) is 4.79 Å². The van der Waals surface area contributed by atoms with Gasteiger partial charge < -0.3 is 16.0 Å². The molecule has 1 aliphatic heterocycles. The molecule has 7 nitrogen and oxygen atoms in total. The van der Waals surface area contributed by atoms with E-state index < -0.39 is 11.6 Å². The number of imide groups is 1. The molecule has 0 bridgehead atoms. The van der Waals surface area contributed by atoms with Crippen molar-refractivity contribution in [3.05, 3.63) is 29.8 Å². The molecule has 7 heteroatoms. The minimum atomic E-state index is -0.870.